The maximum Gasteiger partial charge on any atom is 0.257 e. The van der Waals surface area contributed by atoms with Crippen LogP contribution in [0.4, 0.5) is 0 Å². The molecule has 0 aromatic carbocycles. The second-order valence-electron chi connectivity index (χ2n) is 5.29. The molecule has 1 saturated heterocycles. The van der Waals surface area contributed by atoms with Crippen molar-refractivity contribution in [2.45, 2.75) is 39.2 Å². The van der Waals surface area contributed by atoms with Gasteiger partial charge in [0.15, 0.2) is 0 Å². The number of aromatic amines is 1. The number of aromatic nitrogens is 2. The van der Waals surface area contributed by atoms with Gasteiger partial charge in [0.25, 0.3) is 5.91 Å². The molecule has 2 heterocycles. The number of ether oxygens (including phenoxy) is 1. The minimum Gasteiger partial charge on any atom is -0.377 e. The Labute approximate surface area is 108 Å². The molecule has 5 heteroatoms. The molecule has 1 aliphatic rings. The summed E-state index contributed by atoms with van der Waals surface area (Å²) in [7, 11) is 1.71. The van der Waals surface area contributed by atoms with Crippen LogP contribution in [0.15, 0.2) is 0 Å². The smallest absolute Gasteiger partial charge is 0.257 e. The summed E-state index contributed by atoms with van der Waals surface area (Å²) in [6, 6.07) is 0. The van der Waals surface area contributed by atoms with Crippen LogP contribution >= 0.6 is 0 Å². The van der Waals surface area contributed by atoms with E-state index in [0.717, 1.165) is 30.8 Å². The third-order valence-corrected chi connectivity index (χ3v) is 3.78. The van der Waals surface area contributed by atoms with Crippen molar-refractivity contribution in [2.75, 3.05) is 20.2 Å². The van der Waals surface area contributed by atoms with E-state index >= 15 is 0 Å². The Bertz CT molecular complexity index is 436. The average molecular weight is 251 g/mol. The van der Waals surface area contributed by atoms with Gasteiger partial charge >= 0.3 is 0 Å². The first-order valence-corrected chi connectivity index (χ1v) is 6.33. The molecule has 100 valence electrons. The summed E-state index contributed by atoms with van der Waals surface area (Å²) in [6.07, 6.45) is 1.97. The highest BCUT2D eigenvalue weighted by Gasteiger charge is 2.34. The minimum atomic E-state index is -0.223. The monoisotopic (exact) mass is 251 g/mol. The molecular weight excluding hydrogens is 230 g/mol. The Hall–Kier alpha value is -1.36. The topological polar surface area (TPSA) is 58.2 Å². The number of nitrogens with one attached hydrogen (secondary N) is 1. The molecule has 0 spiro atoms. The van der Waals surface area contributed by atoms with E-state index < -0.39 is 0 Å². The Morgan fingerprint density at radius 3 is 2.78 bits per heavy atom. The lowest BCUT2D eigenvalue weighted by Gasteiger charge is -2.39. The number of piperidine rings is 1. The van der Waals surface area contributed by atoms with Gasteiger partial charge in [-0.3, -0.25) is 9.89 Å². The molecular formula is C13H21N3O2. The van der Waals surface area contributed by atoms with Gasteiger partial charge in [0.1, 0.15) is 0 Å². The molecule has 2 rings (SSSR count). The van der Waals surface area contributed by atoms with Gasteiger partial charge in [-0.2, -0.15) is 5.10 Å². The van der Waals surface area contributed by atoms with E-state index in [1.165, 1.54) is 0 Å². The number of carbonyl (C=O) groups excluding carboxylic acids is 1. The lowest BCUT2D eigenvalue weighted by Crippen LogP contribution is -2.49. The number of hydrogen-bond donors (Lipinski definition) is 1. The molecule has 1 fully saturated rings. The third-order valence-electron chi connectivity index (χ3n) is 3.78. The van der Waals surface area contributed by atoms with E-state index in [9.17, 15) is 4.79 Å². The van der Waals surface area contributed by atoms with Crippen LogP contribution in [0.2, 0.25) is 0 Å². The largest absolute Gasteiger partial charge is 0.377 e. The maximum atomic E-state index is 12.5. The van der Waals surface area contributed by atoms with Gasteiger partial charge in [0.2, 0.25) is 0 Å². The summed E-state index contributed by atoms with van der Waals surface area (Å²) in [6.45, 7) is 7.23. The van der Waals surface area contributed by atoms with Crippen molar-refractivity contribution < 1.29 is 9.53 Å². The zero-order valence-electron chi connectivity index (χ0n) is 11.5. The molecule has 18 heavy (non-hydrogen) atoms. The van der Waals surface area contributed by atoms with Crippen LogP contribution in [0.5, 0.6) is 0 Å². The van der Waals surface area contributed by atoms with Gasteiger partial charge in [-0.25, -0.2) is 0 Å². The van der Waals surface area contributed by atoms with E-state index in [2.05, 4.69) is 17.1 Å². The summed E-state index contributed by atoms with van der Waals surface area (Å²) in [5.41, 5.74) is 2.08. The number of nitrogens with zero attached hydrogens (tertiary/aromatic N) is 2. The van der Waals surface area contributed by atoms with E-state index in [4.69, 9.17) is 4.74 Å². The molecule has 0 radical (unpaired) electrons. The molecule has 1 aromatic heterocycles. The van der Waals surface area contributed by atoms with Crippen LogP contribution in [0.25, 0.3) is 0 Å². The highest BCUT2D eigenvalue weighted by Crippen LogP contribution is 2.25. The summed E-state index contributed by atoms with van der Waals surface area (Å²) < 4.78 is 5.52. The van der Waals surface area contributed by atoms with Crippen molar-refractivity contribution in [1.29, 1.82) is 0 Å². The van der Waals surface area contributed by atoms with Crippen molar-refractivity contribution in [3.8, 4) is 0 Å². The van der Waals surface area contributed by atoms with Crippen molar-refractivity contribution >= 4 is 5.91 Å². The SMILES string of the molecule is COC1(C)CCCN(C(=O)c2c(C)n[nH]c2C)C1. The molecule has 0 aliphatic carbocycles. The van der Waals surface area contributed by atoms with E-state index in [0.29, 0.717) is 12.1 Å². The number of rotatable bonds is 2. The molecule has 1 N–H and O–H groups in total. The number of aryl methyl sites for hydroxylation is 2. The van der Waals surface area contributed by atoms with Gasteiger partial charge < -0.3 is 9.64 Å². The second kappa shape index (κ2) is 4.72. The first kappa shape index (κ1) is 13.1. The second-order valence-corrected chi connectivity index (χ2v) is 5.29. The fraction of sp³-hybridized carbons (Fsp3) is 0.692. The molecule has 1 unspecified atom stereocenters. The lowest BCUT2D eigenvalue weighted by atomic mass is 9.94. The zero-order valence-corrected chi connectivity index (χ0v) is 11.5. The fourth-order valence-corrected chi connectivity index (χ4v) is 2.57. The van der Waals surface area contributed by atoms with Gasteiger partial charge in [-0.1, -0.05) is 0 Å². The van der Waals surface area contributed by atoms with Gasteiger partial charge in [-0.05, 0) is 33.6 Å². The lowest BCUT2D eigenvalue weighted by molar-refractivity contribution is -0.0440. The van der Waals surface area contributed by atoms with Crippen LogP contribution in [-0.2, 0) is 4.74 Å². The summed E-state index contributed by atoms with van der Waals surface area (Å²) in [4.78, 5) is 14.4. The number of methoxy groups -OCH3 is 1. The van der Waals surface area contributed by atoms with Crippen molar-refractivity contribution in [3.63, 3.8) is 0 Å². The van der Waals surface area contributed by atoms with Crippen LogP contribution in [0, 0.1) is 13.8 Å². The van der Waals surface area contributed by atoms with Gasteiger partial charge in [-0.15, -0.1) is 0 Å². The summed E-state index contributed by atoms with van der Waals surface area (Å²) in [5, 5.41) is 6.95. The Morgan fingerprint density at radius 1 is 1.50 bits per heavy atom. The van der Waals surface area contributed by atoms with Crippen molar-refractivity contribution in [3.05, 3.63) is 17.0 Å². The van der Waals surface area contributed by atoms with Crippen LogP contribution in [0.1, 0.15) is 41.5 Å². The predicted octanol–water partition coefficient (Wildman–Crippen LogP) is 1.67. The van der Waals surface area contributed by atoms with Crippen LogP contribution in [0.3, 0.4) is 0 Å². The molecule has 1 aromatic rings. The van der Waals surface area contributed by atoms with Crippen LogP contribution in [-0.4, -0.2) is 46.8 Å². The summed E-state index contributed by atoms with van der Waals surface area (Å²) >= 11 is 0. The molecule has 1 amide bonds. The molecule has 0 saturated carbocycles. The number of carbonyl (C=O) groups is 1. The zero-order chi connectivity index (χ0) is 13.3. The predicted molar refractivity (Wildman–Crippen MR) is 68.6 cm³/mol. The Balaban J connectivity index is 2.19. The highest BCUT2D eigenvalue weighted by atomic mass is 16.5. The Kier molecular flexibility index (Phi) is 3.43. The van der Waals surface area contributed by atoms with E-state index in [-0.39, 0.29) is 11.5 Å². The van der Waals surface area contributed by atoms with E-state index in [1.807, 2.05) is 18.7 Å². The molecule has 1 aliphatic heterocycles. The number of likely N-dealkylation sites (tertiary alicyclic amines) is 1. The number of hydrogen-bond acceptors (Lipinski definition) is 3. The normalized spacial score (nSPS) is 24.3. The summed E-state index contributed by atoms with van der Waals surface area (Å²) in [5.74, 6) is 0.0572. The number of H-pyrrole nitrogens is 1. The quantitative estimate of drug-likeness (QED) is 0.869. The van der Waals surface area contributed by atoms with Gasteiger partial charge in [0.05, 0.1) is 16.9 Å². The van der Waals surface area contributed by atoms with Gasteiger partial charge in [0, 0.05) is 25.9 Å². The molecule has 0 bridgehead atoms. The minimum absolute atomic E-state index is 0.0572. The molecule has 1 atom stereocenters. The number of amides is 1. The molecule has 5 nitrogen and oxygen atoms in total. The van der Waals surface area contributed by atoms with Crippen molar-refractivity contribution in [2.24, 2.45) is 0 Å². The van der Waals surface area contributed by atoms with E-state index in [1.54, 1.807) is 7.11 Å². The maximum absolute atomic E-state index is 12.5. The first-order chi connectivity index (χ1) is 8.47. The van der Waals surface area contributed by atoms with Crippen LogP contribution < -0.4 is 0 Å². The van der Waals surface area contributed by atoms with Crippen molar-refractivity contribution in [1.82, 2.24) is 15.1 Å². The first-order valence-electron chi connectivity index (χ1n) is 6.33. The highest BCUT2D eigenvalue weighted by molar-refractivity contribution is 5.96. The third kappa shape index (κ3) is 2.27. The standard InChI is InChI=1S/C13H21N3O2/c1-9-11(10(2)15-14-9)12(17)16-7-5-6-13(3,8-16)18-4/h5-8H2,1-4H3,(H,14,15). The average Bonchev–Trinajstić information content (AvgIpc) is 2.68. The fourth-order valence-electron chi connectivity index (χ4n) is 2.57. The Morgan fingerprint density at radius 2 is 2.22 bits per heavy atom.